The van der Waals surface area contributed by atoms with E-state index < -0.39 is 0 Å². The van der Waals surface area contributed by atoms with E-state index in [9.17, 15) is 4.39 Å². The fourth-order valence-corrected chi connectivity index (χ4v) is 4.05. The molecule has 3 N–H and O–H groups in total. The van der Waals surface area contributed by atoms with Gasteiger partial charge in [-0.05, 0) is 42.3 Å². The Bertz CT molecular complexity index is 1060. The second-order valence-electron chi connectivity index (χ2n) is 8.12. The molecule has 3 aromatic rings. The second-order valence-corrected chi connectivity index (χ2v) is 8.12. The Hall–Kier alpha value is -3.14. The van der Waals surface area contributed by atoms with Crippen LogP contribution in [0, 0.1) is 5.82 Å². The van der Waals surface area contributed by atoms with Gasteiger partial charge in [0.05, 0.1) is 46.1 Å². The van der Waals surface area contributed by atoms with Gasteiger partial charge in [0.15, 0.2) is 17.3 Å². The number of hydrogen-bond donors (Lipinski definition) is 2. The van der Waals surface area contributed by atoms with E-state index in [1.807, 2.05) is 18.2 Å². The maximum atomic E-state index is 13.1. The number of fused-ring (bicyclic) bond motifs is 1. The predicted octanol–water partition coefficient (Wildman–Crippen LogP) is 3.41. The van der Waals surface area contributed by atoms with Crippen LogP contribution in [0.15, 0.2) is 48.8 Å². The highest BCUT2D eigenvalue weighted by atomic mass is 19.1. The summed E-state index contributed by atoms with van der Waals surface area (Å²) in [4.78, 5) is 12.1. The minimum absolute atomic E-state index is 0.0461. The van der Waals surface area contributed by atoms with Crippen LogP contribution in [-0.4, -0.2) is 48.4 Å². The lowest BCUT2D eigenvalue weighted by molar-refractivity contribution is 0.0336. The van der Waals surface area contributed by atoms with Crippen LogP contribution < -0.4 is 20.1 Å². The van der Waals surface area contributed by atoms with Gasteiger partial charge in [-0.2, -0.15) is 0 Å². The number of hydrogen-bond acceptors (Lipinski definition) is 7. The standard InChI is InChI=1S/C24H30FN5O3/c1-16(12-33-13-17-4-7-19(25)8-5-17)30-15-29(24-22(23(30)26)27-14-28-24)11-18-6-9-20(31-2)21(10-18)32-3/h4-10,14,16,23H,11-13,15,26H2,1-3H3,(H,27,28). The Morgan fingerprint density at radius 2 is 1.85 bits per heavy atom. The van der Waals surface area contributed by atoms with Crippen molar-refractivity contribution in [3.63, 3.8) is 0 Å². The summed E-state index contributed by atoms with van der Waals surface area (Å²) in [6, 6.07) is 12.3. The number of benzene rings is 2. The molecule has 0 saturated carbocycles. The van der Waals surface area contributed by atoms with Crippen LogP contribution >= 0.6 is 0 Å². The fraction of sp³-hybridized carbons (Fsp3) is 0.375. The molecule has 0 spiro atoms. The molecular weight excluding hydrogens is 425 g/mol. The first-order chi connectivity index (χ1) is 16.0. The summed E-state index contributed by atoms with van der Waals surface area (Å²) >= 11 is 0. The molecule has 1 aliphatic heterocycles. The molecule has 9 heteroatoms. The number of aromatic nitrogens is 2. The van der Waals surface area contributed by atoms with Gasteiger partial charge in [0.25, 0.3) is 0 Å². The smallest absolute Gasteiger partial charge is 0.161 e. The monoisotopic (exact) mass is 455 g/mol. The summed E-state index contributed by atoms with van der Waals surface area (Å²) in [7, 11) is 3.25. The molecule has 4 rings (SSSR count). The highest BCUT2D eigenvalue weighted by molar-refractivity contribution is 5.49. The lowest BCUT2D eigenvalue weighted by atomic mass is 10.1. The predicted molar refractivity (Wildman–Crippen MR) is 123 cm³/mol. The first kappa shape index (κ1) is 23.0. The van der Waals surface area contributed by atoms with Crippen molar-refractivity contribution >= 4 is 5.82 Å². The van der Waals surface area contributed by atoms with E-state index in [1.54, 1.807) is 32.7 Å². The van der Waals surface area contributed by atoms with Crippen LogP contribution in [0.4, 0.5) is 10.2 Å². The molecule has 0 radical (unpaired) electrons. The van der Waals surface area contributed by atoms with Crippen molar-refractivity contribution in [3.8, 4) is 11.5 Å². The van der Waals surface area contributed by atoms with E-state index in [0.717, 1.165) is 22.6 Å². The molecule has 8 nitrogen and oxygen atoms in total. The van der Waals surface area contributed by atoms with Crippen molar-refractivity contribution in [2.24, 2.45) is 5.73 Å². The molecule has 0 fully saturated rings. The number of H-pyrrole nitrogens is 1. The van der Waals surface area contributed by atoms with Gasteiger partial charge in [-0.1, -0.05) is 18.2 Å². The van der Waals surface area contributed by atoms with Crippen molar-refractivity contribution < 1.29 is 18.6 Å². The zero-order valence-corrected chi connectivity index (χ0v) is 19.1. The summed E-state index contributed by atoms with van der Waals surface area (Å²) < 4.78 is 29.8. The molecule has 0 bridgehead atoms. The summed E-state index contributed by atoms with van der Waals surface area (Å²) in [5.41, 5.74) is 9.43. The van der Waals surface area contributed by atoms with Crippen LogP contribution in [-0.2, 0) is 17.9 Å². The SMILES string of the molecule is COc1ccc(CN2CN(C(C)COCc3ccc(F)cc3)C(N)c3[nH]cnc32)cc1OC. The summed E-state index contributed by atoms with van der Waals surface area (Å²) in [5.74, 6) is 1.96. The second kappa shape index (κ2) is 10.2. The van der Waals surface area contributed by atoms with Crippen LogP contribution in [0.2, 0.25) is 0 Å². The number of nitrogens with one attached hydrogen (secondary N) is 1. The van der Waals surface area contributed by atoms with Crippen LogP contribution in [0.1, 0.15) is 29.9 Å². The van der Waals surface area contributed by atoms with Crippen molar-refractivity contribution in [1.29, 1.82) is 0 Å². The molecular formula is C24H30FN5O3. The summed E-state index contributed by atoms with van der Waals surface area (Å²) in [6.07, 6.45) is 1.35. The maximum Gasteiger partial charge on any atom is 0.161 e. The van der Waals surface area contributed by atoms with Crippen molar-refractivity contribution in [2.45, 2.75) is 32.3 Å². The number of nitrogens with two attached hydrogens (primary N) is 1. The van der Waals surface area contributed by atoms with Gasteiger partial charge in [0.1, 0.15) is 12.0 Å². The van der Waals surface area contributed by atoms with Gasteiger partial charge in [-0.3, -0.25) is 4.90 Å². The maximum absolute atomic E-state index is 13.1. The molecule has 1 aliphatic rings. The third-order valence-electron chi connectivity index (χ3n) is 5.86. The topological polar surface area (TPSA) is 88.9 Å². The number of rotatable bonds is 9. The summed E-state index contributed by atoms with van der Waals surface area (Å²) in [5, 5.41) is 0. The minimum atomic E-state index is -0.325. The Kier molecular flexibility index (Phi) is 7.12. The lowest BCUT2D eigenvalue weighted by Crippen LogP contribution is -2.52. The third kappa shape index (κ3) is 5.11. The number of halogens is 1. The number of aromatic amines is 1. The van der Waals surface area contributed by atoms with E-state index >= 15 is 0 Å². The van der Waals surface area contributed by atoms with Crippen LogP contribution in [0.25, 0.3) is 0 Å². The van der Waals surface area contributed by atoms with Gasteiger partial charge >= 0.3 is 0 Å². The normalized spacial score (nSPS) is 17.0. The molecule has 0 amide bonds. The minimum Gasteiger partial charge on any atom is -0.493 e. The molecule has 0 saturated heterocycles. The van der Waals surface area contributed by atoms with Gasteiger partial charge in [0.2, 0.25) is 0 Å². The molecule has 2 atom stereocenters. The van der Waals surface area contributed by atoms with E-state index in [4.69, 9.17) is 19.9 Å². The molecule has 2 aromatic carbocycles. The Balaban J connectivity index is 1.45. The average molecular weight is 456 g/mol. The third-order valence-corrected chi connectivity index (χ3v) is 5.86. The number of imidazole rings is 1. The zero-order valence-electron chi connectivity index (χ0n) is 19.1. The number of nitrogens with zero attached hydrogens (tertiary/aromatic N) is 3. The first-order valence-corrected chi connectivity index (χ1v) is 10.8. The number of anilines is 1. The average Bonchev–Trinajstić information content (AvgIpc) is 3.33. The quantitative estimate of drug-likeness (QED) is 0.511. The number of ether oxygens (including phenoxy) is 3. The van der Waals surface area contributed by atoms with E-state index in [0.29, 0.717) is 37.9 Å². The Morgan fingerprint density at radius 1 is 1.12 bits per heavy atom. The molecule has 2 heterocycles. The summed E-state index contributed by atoms with van der Waals surface area (Å²) in [6.45, 7) is 4.20. The highest BCUT2D eigenvalue weighted by Crippen LogP contribution is 2.34. The first-order valence-electron chi connectivity index (χ1n) is 10.8. The van der Waals surface area contributed by atoms with E-state index in [-0.39, 0.29) is 18.0 Å². The lowest BCUT2D eigenvalue weighted by Gasteiger charge is -2.42. The molecule has 1 aromatic heterocycles. The van der Waals surface area contributed by atoms with Crippen molar-refractivity contribution in [2.75, 3.05) is 32.4 Å². The fourth-order valence-electron chi connectivity index (χ4n) is 4.05. The van der Waals surface area contributed by atoms with Crippen LogP contribution in [0.3, 0.4) is 0 Å². The molecule has 2 unspecified atom stereocenters. The largest absolute Gasteiger partial charge is 0.493 e. The zero-order chi connectivity index (χ0) is 23.4. The highest BCUT2D eigenvalue weighted by Gasteiger charge is 2.34. The van der Waals surface area contributed by atoms with Gasteiger partial charge in [-0.15, -0.1) is 0 Å². The van der Waals surface area contributed by atoms with Gasteiger partial charge < -0.3 is 29.8 Å². The molecule has 33 heavy (non-hydrogen) atoms. The van der Waals surface area contributed by atoms with E-state index in [2.05, 4.69) is 26.7 Å². The van der Waals surface area contributed by atoms with Crippen molar-refractivity contribution in [1.82, 2.24) is 14.9 Å². The van der Waals surface area contributed by atoms with Gasteiger partial charge in [-0.25, -0.2) is 9.37 Å². The molecule has 0 aliphatic carbocycles. The van der Waals surface area contributed by atoms with E-state index in [1.165, 1.54) is 12.1 Å². The Labute approximate surface area is 193 Å². The Morgan fingerprint density at radius 3 is 2.58 bits per heavy atom. The molecule has 176 valence electrons. The van der Waals surface area contributed by atoms with Gasteiger partial charge in [0, 0.05) is 12.6 Å². The van der Waals surface area contributed by atoms with Crippen LogP contribution in [0.5, 0.6) is 11.5 Å². The number of methoxy groups -OCH3 is 2. The van der Waals surface area contributed by atoms with Crippen molar-refractivity contribution in [3.05, 3.63) is 71.4 Å².